The molecular formula is C28H32F10O8. The molecular weight excluding hydrogens is 654 g/mol. The van der Waals surface area contributed by atoms with Crippen LogP contribution < -0.4 is 4.74 Å². The molecule has 0 bridgehead atoms. The third-order valence-corrected chi connectivity index (χ3v) is 5.88. The van der Waals surface area contributed by atoms with Gasteiger partial charge in [-0.15, -0.1) is 0 Å². The Bertz CT molecular complexity index is 1180. The molecule has 3 N–H and O–H groups in total. The van der Waals surface area contributed by atoms with E-state index < -0.39 is 74.7 Å². The van der Waals surface area contributed by atoms with E-state index in [1.54, 1.807) is 0 Å². The van der Waals surface area contributed by atoms with E-state index in [9.17, 15) is 49.0 Å². The lowest BCUT2D eigenvalue weighted by atomic mass is 10.1. The smallest absolute Gasteiger partial charge is 0.453 e. The summed E-state index contributed by atoms with van der Waals surface area (Å²) in [5.41, 5.74) is 0.157. The summed E-state index contributed by atoms with van der Waals surface area (Å²) < 4.78 is 160. The maximum atomic E-state index is 14.1. The molecule has 2 aromatic rings. The van der Waals surface area contributed by atoms with Gasteiger partial charge in [-0.25, -0.2) is 9.47 Å². The molecule has 0 radical (unpaired) electrons. The van der Waals surface area contributed by atoms with Gasteiger partial charge in [-0.2, -0.15) is 43.9 Å². The van der Waals surface area contributed by atoms with Gasteiger partial charge in [0.15, 0.2) is 6.29 Å². The third kappa shape index (κ3) is 12.1. The van der Waals surface area contributed by atoms with Gasteiger partial charge in [0.25, 0.3) is 0 Å². The largest absolute Gasteiger partial charge is 0.463 e. The predicted molar refractivity (Wildman–Crippen MR) is 137 cm³/mol. The number of ether oxygens (including phenoxy) is 5. The standard InChI is InChI=1S/C28H32F10O8/c1-2-3-4-22(40)43-16-20-7-5-19(6-8-20)15-42-17-24(29,30)26(33,34)46-28(37,38)27(35,36)45-25(31,32)13-18-9-11-21(12-10-18)44-23(41)14-39/h5-12,22-23,39-41H,2-4,13-17H2,1H3. The molecule has 0 amide bonds. The van der Waals surface area contributed by atoms with Crippen molar-refractivity contribution in [3.05, 3.63) is 65.2 Å². The number of aliphatic hydroxyl groups excluding tert-OH is 3. The van der Waals surface area contributed by atoms with E-state index in [1.165, 1.54) is 24.3 Å². The molecule has 0 saturated heterocycles. The summed E-state index contributed by atoms with van der Waals surface area (Å²) in [4.78, 5) is 0. The molecule has 2 rings (SSSR count). The summed E-state index contributed by atoms with van der Waals surface area (Å²) >= 11 is 0. The van der Waals surface area contributed by atoms with Gasteiger partial charge in [0.05, 0.1) is 19.6 Å². The highest BCUT2D eigenvalue weighted by Crippen LogP contribution is 2.47. The Balaban J connectivity index is 1.94. The lowest BCUT2D eigenvalue weighted by Gasteiger charge is -2.33. The first kappa shape index (κ1) is 39.4. The number of halogens is 10. The van der Waals surface area contributed by atoms with E-state index >= 15 is 0 Å². The minimum atomic E-state index is -6.69. The Morgan fingerprint density at radius 3 is 1.74 bits per heavy atom. The van der Waals surface area contributed by atoms with Gasteiger partial charge in [0.2, 0.25) is 6.29 Å². The fourth-order valence-corrected chi connectivity index (χ4v) is 3.46. The second kappa shape index (κ2) is 16.4. The summed E-state index contributed by atoms with van der Waals surface area (Å²) in [6.07, 6.45) is -27.3. The molecule has 0 spiro atoms. The van der Waals surface area contributed by atoms with Crippen LogP contribution in [0.3, 0.4) is 0 Å². The summed E-state index contributed by atoms with van der Waals surface area (Å²) in [5.74, 6) is -5.82. The van der Waals surface area contributed by atoms with Gasteiger partial charge < -0.3 is 29.5 Å². The van der Waals surface area contributed by atoms with Crippen molar-refractivity contribution in [2.75, 3.05) is 13.2 Å². The molecule has 0 aliphatic heterocycles. The maximum Gasteiger partial charge on any atom is 0.453 e. The van der Waals surface area contributed by atoms with Crippen molar-refractivity contribution in [3.63, 3.8) is 0 Å². The minimum Gasteiger partial charge on any atom is -0.463 e. The van der Waals surface area contributed by atoms with Crippen LogP contribution in [0.2, 0.25) is 0 Å². The lowest BCUT2D eigenvalue weighted by molar-refractivity contribution is -0.528. The van der Waals surface area contributed by atoms with E-state index in [1.807, 2.05) is 6.92 Å². The van der Waals surface area contributed by atoms with E-state index in [2.05, 4.69) is 14.2 Å². The molecule has 2 atom stereocenters. The molecule has 18 heteroatoms. The molecule has 8 nitrogen and oxygen atoms in total. The fourth-order valence-electron chi connectivity index (χ4n) is 3.46. The minimum absolute atomic E-state index is 0.0113. The number of hydrogen-bond acceptors (Lipinski definition) is 8. The van der Waals surface area contributed by atoms with Gasteiger partial charge in [-0.05, 0) is 41.7 Å². The number of hydrogen-bond donors (Lipinski definition) is 3. The lowest BCUT2D eigenvalue weighted by Crippen LogP contribution is -2.57. The van der Waals surface area contributed by atoms with Crippen molar-refractivity contribution >= 4 is 0 Å². The second-order valence-corrected chi connectivity index (χ2v) is 9.89. The number of aliphatic hydroxyl groups is 3. The highest BCUT2D eigenvalue weighted by atomic mass is 19.3. The van der Waals surface area contributed by atoms with E-state index in [4.69, 9.17) is 19.7 Å². The zero-order chi connectivity index (χ0) is 34.8. The van der Waals surface area contributed by atoms with Crippen molar-refractivity contribution in [2.45, 2.75) is 88.8 Å². The molecule has 262 valence electrons. The SMILES string of the molecule is CCCCC(O)OCc1ccc(COCC(F)(F)C(F)(F)OC(F)(F)C(F)(F)OC(F)(F)Cc2ccc(OC(O)CO)cc2)cc1. The van der Waals surface area contributed by atoms with Gasteiger partial charge in [0, 0.05) is 0 Å². The zero-order valence-corrected chi connectivity index (χ0v) is 24.1. The zero-order valence-electron chi connectivity index (χ0n) is 24.1. The Hall–Kier alpha value is -2.74. The van der Waals surface area contributed by atoms with Crippen molar-refractivity contribution in [3.8, 4) is 5.75 Å². The van der Waals surface area contributed by atoms with Gasteiger partial charge in [-0.1, -0.05) is 49.7 Å². The van der Waals surface area contributed by atoms with Gasteiger partial charge >= 0.3 is 30.4 Å². The number of benzene rings is 2. The van der Waals surface area contributed by atoms with Crippen molar-refractivity contribution in [2.24, 2.45) is 0 Å². The van der Waals surface area contributed by atoms with E-state index in [0.717, 1.165) is 37.1 Å². The second-order valence-electron chi connectivity index (χ2n) is 9.89. The Labute approximate surface area is 256 Å². The molecule has 0 aliphatic rings. The highest BCUT2D eigenvalue weighted by Gasteiger charge is 2.71. The molecule has 0 saturated carbocycles. The number of unbranched alkanes of at least 4 members (excludes halogenated alkanes) is 1. The van der Waals surface area contributed by atoms with Crippen LogP contribution in [0.25, 0.3) is 0 Å². The van der Waals surface area contributed by atoms with Crippen LogP contribution in [0.15, 0.2) is 48.5 Å². The summed E-state index contributed by atoms with van der Waals surface area (Å²) in [5, 5.41) is 27.5. The van der Waals surface area contributed by atoms with Gasteiger partial charge in [0.1, 0.15) is 19.0 Å². The molecule has 0 aliphatic carbocycles. The first-order chi connectivity index (χ1) is 21.2. The van der Waals surface area contributed by atoms with Gasteiger partial charge in [-0.3, -0.25) is 0 Å². The summed E-state index contributed by atoms with van der Waals surface area (Å²) in [6, 6.07) is 8.99. The maximum absolute atomic E-state index is 14.1. The molecule has 0 fully saturated rings. The predicted octanol–water partition coefficient (Wildman–Crippen LogP) is 6.20. The Kier molecular flexibility index (Phi) is 14.0. The Morgan fingerprint density at radius 1 is 0.674 bits per heavy atom. The van der Waals surface area contributed by atoms with Crippen LogP contribution in [-0.4, -0.2) is 71.5 Å². The molecule has 2 unspecified atom stereocenters. The first-order valence-corrected chi connectivity index (χ1v) is 13.5. The average molecular weight is 687 g/mol. The molecule has 2 aromatic carbocycles. The van der Waals surface area contributed by atoms with Crippen molar-refractivity contribution in [1.82, 2.24) is 0 Å². The first-order valence-electron chi connectivity index (χ1n) is 13.5. The number of rotatable bonds is 21. The van der Waals surface area contributed by atoms with E-state index in [0.29, 0.717) is 12.0 Å². The monoisotopic (exact) mass is 686 g/mol. The Morgan fingerprint density at radius 2 is 1.20 bits per heavy atom. The fraction of sp³-hybridized carbons (Fsp3) is 0.571. The van der Waals surface area contributed by atoms with Crippen LogP contribution in [0.5, 0.6) is 5.75 Å². The van der Waals surface area contributed by atoms with Crippen LogP contribution in [-0.2, 0) is 38.6 Å². The average Bonchev–Trinajstić information content (AvgIpc) is 2.95. The normalized spacial score (nSPS) is 14.7. The van der Waals surface area contributed by atoms with E-state index in [-0.39, 0.29) is 17.9 Å². The van der Waals surface area contributed by atoms with Crippen LogP contribution in [0, 0.1) is 0 Å². The quantitative estimate of drug-likeness (QED) is 0.105. The highest BCUT2D eigenvalue weighted by molar-refractivity contribution is 5.28. The topological polar surface area (TPSA) is 107 Å². The van der Waals surface area contributed by atoms with Crippen molar-refractivity contribution in [1.29, 1.82) is 0 Å². The summed E-state index contributed by atoms with van der Waals surface area (Å²) in [6.45, 7) is -1.99. The van der Waals surface area contributed by atoms with Crippen molar-refractivity contribution < 1.29 is 82.9 Å². The van der Waals surface area contributed by atoms with Crippen LogP contribution in [0.1, 0.15) is 42.9 Å². The molecule has 46 heavy (non-hydrogen) atoms. The van der Waals surface area contributed by atoms with Crippen LogP contribution >= 0.6 is 0 Å². The summed E-state index contributed by atoms with van der Waals surface area (Å²) in [7, 11) is 0. The number of alkyl halides is 10. The molecule has 0 heterocycles. The third-order valence-electron chi connectivity index (χ3n) is 5.88. The molecule has 0 aromatic heterocycles. The van der Waals surface area contributed by atoms with Crippen LogP contribution in [0.4, 0.5) is 43.9 Å².